The van der Waals surface area contributed by atoms with Crippen molar-refractivity contribution in [3.8, 4) is 0 Å². The topological polar surface area (TPSA) is 69.8 Å². The lowest BCUT2D eigenvalue weighted by Crippen LogP contribution is -2.45. The number of H-pyrrole nitrogens is 1. The van der Waals surface area contributed by atoms with Gasteiger partial charge in [0.05, 0.1) is 0 Å². The van der Waals surface area contributed by atoms with Crippen molar-refractivity contribution in [1.29, 1.82) is 0 Å². The monoisotopic (exact) mass is 222 g/mol. The van der Waals surface area contributed by atoms with Gasteiger partial charge in [-0.15, -0.1) is 0 Å². The average Bonchev–Trinajstić information content (AvgIpc) is 2.80. The Morgan fingerprint density at radius 3 is 3.19 bits per heavy atom. The van der Waals surface area contributed by atoms with Crippen LogP contribution >= 0.6 is 0 Å². The van der Waals surface area contributed by atoms with Crippen molar-refractivity contribution in [2.75, 3.05) is 19.6 Å². The minimum absolute atomic E-state index is 0.0794. The number of amides is 1. The van der Waals surface area contributed by atoms with Crippen LogP contribution < -0.4 is 10.6 Å². The third-order valence-corrected chi connectivity index (χ3v) is 3.11. The van der Waals surface area contributed by atoms with Crippen LogP contribution in [0.4, 0.5) is 0 Å². The van der Waals surface area contributed by atoms with E-state index < -0.39 is 0 Å². The molecule has 2 rings (SSSR count). The van der Waals surface area contributed by atoms with Crippen molar-refractivity contribution < 1.29 is 4.79 Å². The van der Waals surface area contributed by atoms with E-state index in [1.54, 1.807) is 12.3 Å². The molecule has 1 saturated heterocycles. The molecule has 1 aromatic rings. The minimum Gasteiger partial charge on any atom is -0.350 e. The number of rotatable bonds is 3. The highest BCUT2D eigenvalue weighted by Gasteiger charge is 2.27. The average molecular weight is 222 g/mol. The maximum absolute atomic E-state index is 11.7. The summed E-state index contributed by atoms with van der Waals surface area (Å²) in [6, 6.07) is 1.68. The fourth-order valence-electron chi connectivity index (χ4n) is 2.04. The van der Waals surface area contributed by atoms with Crippen LogP contribution in [0.15, 0.2) is 12.3 Å². The van der Waals surface area contributed by atoms with E-state index >= 15 is 0 Å². The lowest BCUT2D eigenvalue weighted by atomic mass is 9.83. The first-order valence-corrected chi connectivity index (χ1v) is 5.68. The molecule has 0 aliphatic carbocycles. The zero-order valence-electron chi connectivity index (χ0n) is 9.55. The Morgan fingerprint density at radius 1 is 1.69 bits per heavy atom. The summed E-state index contributed by atoms with van der Waals surface area (Å²) < 4.78 is 0. The number of nitrogens with zero attached hydrogens (tertiary/aromatic N) is 1. The van der Waals surface area contributed by atoms with Gasteiger partial charge in [-0.25, -0.2) is 0 Å². The molecule has 5 nitrogen and oxygen atoms in total. The van der Waals surface area contributed by atoms with Gasteiger partial charge in [-0.1, -0.05) is 6.92 Å². The lowest BCUT2D eigenvalue weighted by Gasteiger charge is -2.34. The number of hydrogen-bond donors (Lipinski definition) is 3. The predicted octanol–water partition coefficient (Wildman–Crippen LogP) is 0.529. The molecule has 3 N–H and O–H groups in total. The Labute approximate surface area is 95.0 Å². The Hall–Kier alpha value is -1.36. The first kappa shape index (κ1) is 11.1. The summed E-state index contributed by atoms with van der Waals surface area (Å²) in [7, 11) is 0. The van der Waals surface area contributed by atoms with Crippen LogP contribution in [0.2, 0.25) is 0 Å². The van der Waals surface area contributed by atoms with E-state index in [0.29, 0.717) is 12.2 Å². The molecule has 0 saturated carbocycles. The molecule has 16 heavy (non-hydrogen) atoms. The van der Waals surface area contributed by atoms with Gasteiger partial charge in [0.15, 0.2) is 0 Å². The summed E-state index contributed by atoms with van der Waals surface area (Å²) in [6.07, 6.45) is 3.92. The molecular weight excluding hydrogens is 204 g/mol. The van der Waals surface area contributed by atoms with Gasteiger partial charge in [0.1, 0.15) is 5.69 Å². The van der Waals surface area contributed by atoms with Gasteiger partial charge in [-0.3, -0.25) is 9.89 Å². The highest BCUT2D eigenvalue weighted by atomic mass is 16.1. The van der Waals surface area contributed by atoms with Crippen molar-refractivity contribution >= 4 is 5.91 Å². The van der Waals surface area contributed by atoms with Crippen LogP contribution in [0.5, 0.6) is 0 Å². The third kappa shape index (κ3) is 2.61. The van der Waals surface area contributed by atoms with Gasteiger partial charge < -0.3 is 10.6 Å². The second-order valence-electron chi connectivity index (χ2n) is 4.74. The summed E-state index contributed by atoms with van der Waals surface area (Å²) in [6.45, 7) is 4.96. The Morgan fingerprint density at radius 2 is 2.56 bits per heavy atom. The smallest absolute Gasteiger partial charge is 0.269 e. The van der Waals surface area contributed by atoms with Crippen molar-refractivity contribution in [2.24, 2.45) is 5.41 Å². The zero-order valence-corrected chi connectivity index (χ0v) is 9.55. The van der Waals surface area contributed by atoms with Gasteiger partial charge in [0, 0.05) is 19.3 Å². The van der Waals surface area contributed by atoms with Crippen molar-refractivity contribution in [1.82, 2.24) is 20.8 Å². The van der Waals surface area contributed by atoms with Gasteiger partial charge in [0.2, 0.25) is 0 Å². The van der Waals surface area contributed by atoms with E-state index in [2.05, 4.69) is 27.8 Å². The molecule has 88 valence electrons. The van der Waals surface area contributed by atoms with Crippen LogP contribution in [0.1, 0.15) is 30.3 Å². The van der Waals surface area contributed by atoms with E-state index in [1.165, 1.54) is 6.42 Å². The van der Waals surface area contributed by atoms with Gasteiger partial charge in [-0.05, 0) is 30.9 Å². The predicted molar refractivity (Wildman–Crippen MR) is 61.1 cm³/mol. The molecule has 1 aliphatic rings. The van der Waals surface area contributed by atoms with Gasteiger partial charge >= 0.3 is 0 Å². The number of nitrogens with one attached hydrogen (secondary N) is 3. The fraction of sp³-hybridized carbons (Fsp3) is 0.636. The standard InChI is InChI=1S/C11H18N4O/c1-11(4-2-5-12-7-11)8-13-10(16)9-3-6-14-15-9/h3,6,12H,2,4-5,7-8H2,1H3,(H,13,16)(H,14,15). The number of aromatic nitrogens is 2. The molecule has 1 unspecified atom stereocenters. The molecular formula is C11H18N4O. The number of carbonyl (C=O) groups excluding carboxylic acids is 1. The Bertz CT molecular complexity index is 341. The fourth-order valence-corrected chi connectivity index (χ4v) is 2.04. The molecule has 0 bridgehead atoms. The number of carbonyl (C=O) groups is 1. The molecule has 0 radical (unpaired) electrons. The molecule has 1 aromatic heterocycles. The highest BCUT2D eigenvalue weighted by molar-refractivity contribution is 5.92. The summed E-state index contributed by atoms with van der Waals surface area (Å²) in [4.78, 5) is 11.7. The maximum Gasteiger partial charge on any atom is 0.269 e. The summed E-state index contributed by atoms with van der Waals surface area (Å²) in [5, 5.41) is 12.7. The van der Waals surface area contributed by atoms with Crippen LogP contribution in [0.3, 0.4) is 0 Å². The SMILES string of the molecule is CC1(CNC(=O)c2ccn[nH]2)CCCNC1. The van der Waals surface area contributed by atoms with Crippen LogP contribution in [0, 0.1) is 5.41 Å². The molecule has 0 aromatic carbocycles. The van der Waals surface area contributed by atoms with E-state index in [1.807, 2.05) is 0 Å². The van der Waals surface area contributed by atoms with E-state index in [4.69, 9.17) is 0 Å². The van der Waals surface area contributed by atoms with Crippen LogP contribution in [-0.2, 0) is 0 Å². The van der Waals surface area contributed by atoms with Crippen LogP contribution in [0.25, 0.3) is 0 Å². The van der Waals surface area contributed by atoms with Gasteiger partial charge in [-0.2, -0.15) is 5.10 Å². The third-order valence-electron chi connectivity index (χ3n) is 3.11. The Kier molecular flexibility index (Phi) is 3.24. The van der Waals surface area contributed by atoms with Crippen LogP contribution in [-0.4, -0.2) is 35.7 Å². The molecule has 1 amide bonds. The van der Waals surface area contributed by atoms with E-state index in [-0.39, 0.29) is 11.3 Å². The van der Waals surface area contributed by atoms with Gasteiger partial charge in [0.25, 0.3) is 5.91 Å². The number of aromatic amines is 1. The van der Waals surface area contributed by atoms with Crippen molar-refractivity contribution in [3.63, 3.8) is 0 Å². The van der Waals surface area contributed by atoms with E-state index in [0.717, 1.165) is 19.5 Å². The Balaban J connectivity index is 1.84. The first-order valence-electron chi connectivity index (χ1n) is 5.68. The lowest BCUT2D eigenvalue weighted by molar-refractivity contribution is 0.0919. The largest absolute Gasteiger partial charge is 0.350 e. The number of piperidine rings is 1. The second kappa shape index (κ2) is 4.65. The minimum atomic E-state index is -0.0794. The zero-order chi connectivity index (χ0) is 11.4. The maximum atomic E-state index is 11.7. The van der Waals surface area contributed by atoms with Crippen molar-refractivity contribution in [2.45, 2.75) is 19.8 Å². The van der Waals surface area contributed by atoms with Crippen molar-refractivity contribution in [3.05, 3.63) is 18.0 Å². The molecule has 1 atom stereocenters. The second-order valence-corrected chi connectivity index (χ2v) is 4.74. The molecule has 2 heterocycles. The number of hydrogen-bond acceptors (Lipinski definition) is 3. The normalized spacial score (nSPS) is 25.3. The summed E-state index contributed by atoms with van der Waals surface area (Å²) in [5.74, 6) is -0.0794. The highest BCUT2D eigenvalue weighted by Crippen LogP contribution is 2.24. The molecule has 0 spiro atoms. The van der Waals surface area contributed by atoms with E-state index in [9.17, 15) is 4.79 Å². The molecule has 5 heteroatoms. The summed E-state index contributed by atoms with van der Waals surface area (Å²) in [5.41, 5.74) is 0.695. The molecule has 1 fully saturated rings. The first-order chi connectivity index (χ1) is 7.70. The molecule has 1 aliphatic heterocycles. The quantitative estimate of drug-likeness (QED) is 0.698. The summed E-state index contributed by atoms with van der Waals surface area (Å²) >= 11 is 0.